The van der Waals surface area contributed by atoms with Crippen LogP contribution in [-0.2, 0) is 10.8 Å². The fourth-order valence-electron chi connectivity index (χ4n) is 5.78. The van der Waals surface area contributed by atoms with Crippen molar-refractivity contribution in [2.24, 2.45) is 4.99 Å². The molecule has 5 aromatic carbocycles. The first-order valence-corrected chi connectivity index (χ1v) is 15.7. The van der Waals surface area contributed by atoms with Crippen molar-refractivity contribution in [3.05, 3.63) is 131 Å². The second kappa shape index (κ2) is 11.6. The summed E-state index contributed by atoms with van der Waals surface area (Å²) in [5.74, 6) is 0.566. The molecule has 45 heavy (non-hydrogen) atoms. The van der Waals surface area contributed by atoms with Crippen LogP contribution in [0.3, 0.4) is 0 Å². The number of para-hydroxylation sites is 2. The Labute approximate surface area is 267 Å². The number of rotatable bonds is 5. The summed E-state index contributed by atoms with van der Waals surface area (Å²) in [5, 5.41) is 0. The molecule has 0 saturated heterocycles. The van der Waals surface area contributed by atoms with Crippen LogP contribution in [0.2, 0.25) is 0 Å². The monoisotopic (exact) mass is 590 g/mol. The molecule has 3 heteroatoms. The van der Waals surface area contributed by atoms with E-state index in [0.717, 1.165) is 39.0 Å². The van der Waals surface area contributed by atoms with Gasteiger partial charge >= 0.3 is 0 Å². The quantitative estimate of drug-likeness (QED) is 0.187. The molecule has 1 aromatic heterocycles. The number of aliphatic imine (C=N–C) groups is 1. The van der Waals surface area contributed by atoms with Gasteiger partial charge in [-0.15, -0.1) is 0 Å². The van der Waals surface area contributed by atoms with Crippen molar-refractivity contribution in [3.63, 3.8) is 0 Å². The van der Waals surface area contributed by atoms with E-state index in [1.165, 1.54) is 33.4 Å². The van der Waals surface area contributed by atoms with Crippen molar-refractivity contribution in [2.75, 3.05) is 0 Å². The second-order valence-corrected chi connectivity index (χ2v) is 14.2. The van der Waals surface area contributed by atoms with Crippen LogP contribution in [0.5, 0.6) is 0 Å². The smallest absolute Gasteiger partial charge is 0.229 e. The zero-order chi connectivity index (χ0) is 31.9. The van der Waals surface area contributed by atoms with Gasteiger partial charge in [-0.1, -0.05) is 125 Å². The molecule has 0 aliphatic rings. The minimum atomic E-state index is 0.0393. The van der Waals surface area contributed by atoms with E-state index in [9.17, 15) is 0 Å². The highest BCUT2D eigenvalue weighted by Gasteiger charge is 2.20. The molecule has 6 rings (SSSR count). The summed E-state index contributed by atoms with van der Waals surface area (Å²) < 4.78 is 6.37. The number of aryl methyl sites for hydroxylation is 2. The minimum Gasteiger partial charge on any atom is -0.436 e. The molecule has 226 valence electrons. The van der Waals surface area contributed by atoms with Crippen LogP contribution in [0.25, 0.3) is 44.8 Å². The zero-order valence-corrected chi connectivity index (χ0v) is 27.7. The van der Waals surface area contributed by atoms with E-state index in [-0.39, 0.29) is 10.8 Å². The maximum atomic E-state index is 6.37. The van der Waals surface area contributed by atoms with Crippen molar-refractivity contribution in [3.8, 4) is 33.7 Å². The summed E-state index contributed by atoms with van der Waals surface area (Å²) in [6.45, 7) is 17.8. The van der Waals surface area contributed by atoms with Crippen molar-refractivity contribution >= 4 is 23.0 Å². The Kier molecular flexibility index (Phi) is 7.82. The number of aromatic nitrogens is 1. The molecular formula is C42H42N2O. The maximum absolute atomic E-state index is 6.37. The fourth-order valence-corrected chi connectivity index (χ4v) is 5.78. The molecule has 0 spiro atoms. The van der Waals surface area contributed by atoms with Crippen molar-refractivity contribution in [2.45, 2.75) is 66.2 Å². The molecule has 0 unspecified atom stereocenters. The third-order valence-corrected chi connectivity index (χ3v) is 8.34. The number of nitrogens with zero attached hydrogens (tertiary/aromatic N) is 2. The lowest BCUT2D eigenvalue weighted by Crippen LogP contribution is -2.17. The molecule has 0 aliphatic carbocycles. The van der Waals surface area contributed by atoms with E-state index < -0.39 is 0 Å². The van der Waals surface area contributed by atoms with Gasteiger partial charge in [0.15, 0.2) is 5.58 Å². The van der Waals surface area contributed by atoms with Gasteiger partial charge in [-0.05, 0) is 88.4 Å². The third kappa shape index (κ3) is 6.54. The molecule has 0 atom stereocenters. The molecular weight excluding hydrogens is 548 g/mol. The predicted molar refractivity (Wildman–Crippen MR) is 191 cm³/mol. The summed E-state index contributed by atoms with van der Waals surface area (Å²) in [4.78, 5) is 10.0. The van der Waals surface area contributed by atoms with Crippen LogP contribution in [0.1, 0.15) is 69.4 Å². The van der Waals surface area contributed by atoms with Crippen LogP contribution in [0.15, 0.2) is 113 Å². The molecule has 0 N–H and O–H groups in total. The Morgan fingerprint density at radius 3 is 1.84 bits per heavy atom. The highest BCUT2D eigenvalue weighted by molar-refractivity contribution is 5.93. The average molecular weight is 591 g/mol. The zero-order valence-electron chi connectivity index (χ0n) is 27.7. The van der Waals surface area contributed by atoms with Gasteiger partial charge in [0.05, 0.1) is 11.3 Å². The van der Waals surface area contributed by atoms with Crippen LogP contribution in [0, 0.1) is 13.8 Å². The highest BCUT2D eigenvalue weighted by atomic mass is 16.3. The van der Waals surface area contributed by atoms with Crippen LogP contribution in [0.4, 0.5) is 5.69 Å². The lowest BCUT2D eigenvalue weighted by Gasteiger charge is -2.25. The van der Waals surface area contributed by atoms with E-state index in [0.29, 0.717) is 5.89 Å². The van der Waals surface area contributed by atoms with Gasteiger partial charge < -0.3 is 4.42 Å². The topological polar surface area (TPSA) is 38.4 Å². The molecule has 0 radical (unpaired) electrons. The number of oxazole rings is 1. The lowest BCUT2D eigenvalue weighted by atomic mass is 9.79. The second-order valence-electron chi connectivity index (χ2n) is 14.2. The first-order valence-electron chi connectivity index (χ1n) is 15.7. The predicted octanol–water partition coefficient (Wildman–Crippen LogP) is 11.8. The molecule has 0 amide bonds. The number of hydrogen-bond acceptors (Lipinski definition) is 3. The Morgan fingerprint density at radius 1 is 0.600 bits per heavy atom. The SMILES string of the molecule is Cc1cc(C)cc(-c2ccc(-c3cccc4oc(-c5ccccc5N=Cc5cc(C(C)(C)C)cc(C(C)(C)C)c5)nc34)cc2)c1. The van der Waals surface area contributed by atoms with E-state index >= 15 is 0 Å². The summed E-state index contributed by atoms with van der Waals surface area (Å²) in [5.41, 5.74) is 14.2. The standard InChI is InChI=1S/C42H42N2O/c1-27-20-28(2)22-32(21-27)30-16-18-31(19-17-30)35-13-11-15-38-39(35)44-40(45-38)36-12-9-10-14-37(36)43-26-29-23-33(41(3,4)5)25-34(24-29)42(6,7)8/h9-26H,1-8H3. The lowest BCUT2D eigenvalue weighted by molar-refractivity contribution is 0.568. The van der Waals surface area contributed by atoms with Crippen LogP contribution in [-0.4, -0.2) is 11.2 Å². The minimum absolute atomic E-state index is 0.0393. The normalized spacial score (nSPS) is 12.4. The van der Waals surface area contributed by atoms with E-state index in [4.69, 9.17) is 14.4 Å². The van der Waals surface area contributed by atoms with Crippen LogP contribution >= 0.6 is 0 Å². The number of hydrogen-bond donors (Lipinski definition) is 0. The van der Waals surface area contributed by atoms with Crippen molar-refractivity contribution in [1.82, 2.24) is 4.98 Å². The maximum Gasteiger partial charge on any atom is 0.229 e. The molecule has 0 saturated carbocycles. The molecule has 0 fully saturated rings. The number of fused-ring (bicyclic) bond motifs is 1. The Morgan fingerprint density at radius 2 is 1.20 bits per heavy atom. The van der Waals surface area contributed by atoms with Crippen molar-refractivity contribution in [1.29, 1.82) is 0 Å². The number of benzene rings is 5. The molecule has 0 aliphatic heterocycles. The average Bonchev–Trinajstić information content (AvgIpc) is 3.43. The molecule has 6 aromatic rings. The first-order chi connectivity index (χ1) is 21.3. The summed E-state index contributed by atoms with van der Waals surface area (Å²) in [6.07, 6.45) is 1.97. The molecule has 3 nitrogen and oxygen atoms in total. The molecule has 0 bridgehead atoms. The Balaban J connectivity index is 1.36. The first kappa shape index (κ1) is 30.3. The fraction of sp³-hybridized carbons (Fsp3) is 0.238. The Hall–Kier alpha value is -4.76. The third-order valence-electron chi connectivity index (χ3n) is 8.34. The Bertz CT molecular complexity index is 1980. The van der Waals surface area contributed by atoms with Crippen LogP contribution < -0.4 is 0 Å². The van der Waals surface area contributed by atoms with Gasteiger partial charge in [0.25, 0.3) is 0 Å². The van der Waals surface area contributed by atoms with E-state index in [2.05, 4.69) is 122 Å². The summed E-state index contributed by atoms with van der Waals surface area (Å²) in [7, 11) is 0. The van der Waals surface area contributed by atoms with Gasteiger partial charge in [0, 0.05) is 11.8 Å². The van der Waals surface area contributed by atoms with Gasteiger partial charge in [-0.3, -0.25) is 4.99 Å². The van der Waals surface area contributed by atoms with Gasteiger partial charge in [0.2, 0.25) is 5.89 Å². The van der Waals surface area contributed by atoms with E-state index in [1.54, 1.807) is 0 Å². The van der Waals surface area contributed by atoms with Crippen molar-refractivity contribution < 1.29 is 4.42 Å². The largest absolute Gasteiger partial charge is 0.436 e. The van der Waals surface area contributed by atoms with Gasteiger partial charge in [-0.25, -0.2) is 4.98 Å². The molecule has 1 heterocycles. The summed E-state index contributed by atoms with van der Waals surface area (Å²) in [6, 6.07) is 36.4. The summed E-state index contributed by atoms with van der Waals surface area (Å²) >= 11 is 0. The van der Waals surface area contributed by atoms with Gasteiger partial charge in [0.1, 0.15) is 5.52 Å². The van der Waals surface area contributed by atoms with E-state index in [1.807, 2.05) is 42.6 Å². The highest BCUT2D eigenvalue weighted by Crippen LogP contribution is 2.37. The van der Waals surface area contributed by atoms with Gasteiger partial charge in [-0.2, -0.15) is 0 Å².